The fraction of sp³-hybridized carbons (Fsp3) is 0.455. The van der Waals surface area contributed by atoms with Gasteiger partial charge >= 0.3 is 5.97 Å². The van der Waals surface area contributed by atoms with Crippen LogP contribution in [0.2, 0.25) is 0 Å². The summed E-state index contributed by atoms with van der Waals surface area (Å²) in [5, 5.41) is 3.28. The number of aromatic nitrogens is 1. The third-order valence-electron chi connectivity index (χ3n) is 2.88. The van der Waals surface area contributed by atoms with Crippen molar-refractivity contribution >= 4 is 25.1 Å². The molecule has 84 valence electrons. The quantitative estimate of drug-likeness (QED) is 0.577. The Labute approximate surface area is 95.8 Å². The van der Waals surface area contributed by atoms with Crippen LogP contribution in [0.1, 0.15) is 29.6 Å². The first kappa shape index (κ1) is 11.0. The van der Waals surface area contributed by atoms with Crippen molar-refractivity contribution in [2.45, 2.75) is 25.3 Å². The Bertz CT molecular complexity index is 405. The highest BCUT2D eigenvalue weighted by Crippen LogP contribution is 2.23. The SMILES string of the molecule is Bc1cnc(NC2CCC2)c(C(=O)OC)c1. The number of hydrogen-bond donors (Lipinski definition) is 1. The van der Waals surface area contributed by atoms with E-state index in [9.17, 15) is 4.79 Å². The lowest BCUT2D eigenvalue weighted by molar-refractivity contribution is 0.0601. The van der Waals surface area contributed by atoms with Crippen molar-refractivity contribution in [2.24, 2.45) is 0 Å². The molecule has 0 unspecified atom stereocenters. The Morgan fingerprint density at radius 3 is 2.94 bits per heavy atom. The molecule has 0 aliphatic heterocycles. The van der Waals surface area contributed by atoms with Crippen LogP contribution in [0.4, 0.5) is 5.82 Å². The number of nitrogens with zero attached hydrogens (tertiary/aromatic N) is 1. The van der Waals surface area contributed by atoms with E-state index >= 15 is 0 Å². The number of pyridine rings is 1. The molecule has 2 rings (SSSR count). The van der Waals surface area contributed by atoms with Gasteiger partial charge in [0.25, 0.3) is 0 Å². The highest BCUT2D eigenvalue weighted by molar-refractivity contribution is 6.32. The van der Waals surface area contributed by atoms with E-state index < -0.39 is 0 Å². The lowest BCUT2D eigenvalue weighted by Gasteiger charge is -2.27. The van der Waals surface area contributed by atoms with Crippen LogP contribution in [0.15, 0.2) is 12.3 Å². The zero-order valence-electron chi connectivity index (χ0n) is 9.62. The van der Waals surface area contributed by atoms with Crippen LogP contribution in [0, 0.1) is 0 Å². The van der Waals surface area contributed by atoms with Gasteiger partial charge in [-0.2, -0.15) is 0 Å². The van der Waals surface area contributed by atoms with E-state index in [-0.39, 0.29) is 5.97 Å². The van der Waals surface area contributed by atoms with Gasteiger partial charge in [-0.05, 0) is 25.3 Å². The molecule has 0 aromatic carbocycles. The van der Waals surface area contributed by atoms with Gasteiger partial charge in [0.05, 0.1) is 7.11 Å². The first-order valence-corrected chi connectivity index (χ1v) is 5.52. The summed E-state index contributed by atoms with van der Waals surface area (Å²) in [5.74, 6) is 0.306. The fourth-order valence-electron chi connectivity index (χ4n) is 1.70. The van der Waals surface area contributed by atoms with Crippen molar-refractivity contribution in [3.8, 4) is 0 Å². The minimum Gasteiger partial charge on any atom is -0.465 e. The lowest BCUT2D eigenvalue weighted by atomic mass is 9.92. The van der Waals surface area contributed by atoms with Gasteiger partial charge in [-0.25, -0.2) is 9.78 Å². The number of esters is 1. The van der Waals surface area contributed by atoms with E-state index in [0.29, 0.717) is 17.4 Å². The van der Waals surface area contributed by atoms with Crippen molar-refractivity contribution in [1.29, 1.82) is 0 Å². The molecule has 0 saturated heterocycles. The predicted molar refractivity (Wildman–Crippen MR) is 65.0 cm³/mol. The topological polar surface area (TPSA) is 51.2 Å². The molecule has 1 aromatic rings. The van der Waals surface area contributed by atoms with Gasteiger partial charge in [0.15, 0.2) is 0 Å². The second-order valence-electron chi connectivity index (χ2n) is 4.17. The zero-order chi connectivity index (χ0) is 11.5. The van der Waals surface area contributed by atoms with E-state index in [1.54, 1.807) is 12.3 Å². The molecule has 0 amide bonds. The maximum Gasteiger partial charge on any atom is 0.341 e. The fourth-order valence-corrected chi connectivity index (χ4v) is 1.70. The highest BCUT2D eigenvalue weighted by atomic mass is 16.5. The molecule has 1 aromatic heterocycles. The molecule has 1 saturated carbocycles. The predicted octanol–water partition coefficient (Wildman–Crippen LogP) is 0.0910. The summed E-state index contributed by atoms with van der Waals surface area (Å²) >= 11 is 0. The monoisotopic (exact) mass is 218 g/mol. The first-order valence-electron chi connectivity index (χ1n) is 5.52. The number of anilines is 1. The van der Waals surface area contributed by atoms with E-state index in [1.807, 2.05) is 7.85 Å². The average molecular weight is 218 g/mol. The highest BCUT2D eigenvalue weighted by Gasteiger charge is 2.21. The van der Waals surface area contributed by atoms with E-state index in [2.05, 4.69) is 10.3 Å². The van der Waals surface area contributed by atoms with Gasteiger partial charge in [-0.1, -0.05) is 5.46 Å². The molecule has 4 nitrogen and oxygen atoms in total. The van der Waals surface area contributed by atoms with E-state index in [0.717, 1.165) is 18.3 Å². The van der Waals surface area contributed by atoms with E-state index in [1.165, 1.54) is 13.5 Å². The zero-order valence-corrected chi connectivity index (χ0v) is 9.62. The molecular formula is C11H15BN2O2. The molecule has 0 spiro atoms. The largest absolute Gasteiger partial charge is 0.465 e. The normalized spacial score (nSPS) is 15.3. The van der Waals surface area contributed by atoms with Crippen LogP contribution in [-0.2, 0) is 4.74 Å². The molecule has 5 heteroatoms. The van der Waals surface area contributed by atoms with Gasteiger partial charge in [0, 0.05) is 12.2 Å². The Morgan fingerprint density at radius 1 is 1.62 bits per heavy atom. The van der Waals surface area contributed by atoms with Crippen LogP contribution in [-0.4, -0.2) is 32.0 Å². The van der Waals surface area contributed by atoms with Crippen LogP contribution in [0.3, 0.4) is 0 Å². The van der Waals surface area contributed by atoms with Crippen LogP contribution >= 0.6 is 0 Å². The Balaban J connectivity index is 2.23. The Morgan fingerprint density at radius 2 is 2.38 bits per heavy atom. The van der Waals surface area contributed by atoms with Crippen molar-refractivity contribution in [3.63, 3.8) is 0 Å². The second-order valence-corrected chi connectivity index (χ2v) is 4.17. The molecule has 1 heterocycles. The number of methoxy groups -OCH3 is 1. The number of carbonyl (C=O) groups is 1. The van der Waals surface area contributed by atoms with Crippen molar-refractivity contribution in [1.82, 2.24) is 4.98 Å². The van der Waals surface area contributed by atoms with Crippen molar-refractivity contribution in [2.75, 3.05) is 12.4 Å². The summed E-state index contributed by atoms with van der Waals surface area (Å²) in [5.41, 5.74) is 1.48. The first-order chi connectivity index (χ1) is 7.70. The summed E-state index contributed by atoms with van der Waals surface area (Å²) in [6, 6.07) is 2.26. The van der Waals surface area contributed by atoms with Gasteiger partial charge in [-0.15, -0.1) is 0 Å². The summed E-state index contributed by atoms with van der Waals surface area (Å²) < 4.78 is 4.75. The van der Waals surface area contributed by atoms with Crippen molar-refractivity contribution < 1.29 is 9.53 Å². The average Bonchev–Trinajstić information content (AvgIpc) is 2.23. The number of rotatable bonds is 3. The van der Waals surface area contributed by atoms with Crippen LogP contribution < -0.4 is 10.8 Å². The maximum absolute atomic E-state index is 11.6. The number of ether oxygens (including phenoxy) is 1. The summed E-state index contributed by atoms with van der Waals surface area (Å²) in [6.07, 6.45) is 5.30. The standard InChI is InChI=1S/C11H15BN2O2/c1-16-11(15)9-5-7(12)6-13-10(9)14-8-3-2-4-8/h5-6,8H,2-4,12H2,1H3,(H,13,14). The lowest BCUT2D eigenvalue weighted by Crippen LogP contribution is -2.29. The van der Waals surface area contributed by atoms with Gasteiger partial charge in [-0.3, -0.25) is 0 Å². The number of carbonyl (C=O) groups excluding carboxylic acids is 1. The van der Waals surface area contributed by atoms with Gasteiger partial charge in [0.1, 0.15) is 19.2 Å². The van der Waals surface area contributed by atoms with Crippen LogP contribution in [0.25, 0.3) is 0 Å². The Hall–Kier alpha value is -1.52. The number of nitrogens with one attached hydrogen (secondary N) is 1. The van der Waals surface area contributed by atoms with Crippen LogP contribution in [0.5, 0.6) is 0 Å². The Kier molecular flexibility index (Phi) is 3.13. The smallest absolute Gasteiger partial charge is 0.341 e. The molecule has 1 N–H and O–H groups in total. The van der Waals surface area contributed by atoms with Gasteiger partial charge in [0.2, 0.25) is 0 Å². The molecule has 1 fully saturated rings. The molecule has 1 aliphatic carbocycles. The molecular weight excluding hydrogens is 203 g/mol. The number of hydrogen-bond acceptors (Lipinski definition) is 4. The molecule has 1 aliphatic rings. The van der Waals surface area contributed by atoms with Gasteiger partial charge < -0.3 is 10.1 Å². The van der Waals surface area contributed by atoms with Crippen molar-refractivity contribution in [3.05, 3.63) is 17.8 Å². The summed E-state index contributed by atoms with van der Waals surface area (Å²) in [6.45, 7) is 0. The molecule has 0 radical (unpaired) electrons. The molecule has 0 bridgehead atoms. The maximum atomic E-state index is 11.6. The third kappa shape index (κ3) is 2.18. The minimum atomic E-state index is -0.335. The summed E-state index contributed by atoms with van der Waals surface area (Å²) in [7, 11) is 3.30. The minimum absolute atomic E-state index is 0.335. The molecule has 0 atom stereocenters. The molecule has 16 heavy (non-hydrogen) atoms. The second kappa shape index (κ2) is 4.55. The van der Waals surface area contributed by atoms with E-state index in [4.69, 9.17) is 4.74 Å². The summed E-state index contributed by atoms with van der Waals surface area (Å²) in [4.78, 5) is 15.8. The third-order valence-corrected chi connectivity index (χ3v) is 2.88.